The first kappa shape index (κ1) is 8.74. The van der Waals surface area contributed by atoms with Crippen LogP contribution in [-0.4, -0.2) is 20.7 Å². The fourth-order valence-corrected chi connectivity index (χ4v) is 1.59. The molecule has 72 valence electrons. The van der Waals surface area contributed by atoms with Crippen molar-refractivity contribution < 1.29 is 9.90 Å². The number of aromatic carboxylic acids is 1. The number of aryl methyl sites for hydroxylation is 1. The normalized spacial score (nSPS) is 10.6. The number of carbonyl (C=O) groups is 1. The molecule has 2 aromatic heterocycles. The van der Waals surface area contributed by atoms with E-state index in [1.807, 2.05) is 13.0 Å². The predicted molar refractivity (Wildman–Crippen MR) is 51.5 cm³/mol. The third-order valence-electron chi connectivity index (χ3n) is 2.20. The monoisotopic (exact) mass is 190 g/mol. The number of rotatable bonds is 2. The molecule has 0 bridgehead atoms. The minimum absolute atomic E-state index is 0.339. The van der Waals surface area contributed by atoms with Gasteiger partial charge in [-0.15, -0.1) is 0 Å². The molecule has 0 aliphatic rings. The molecule has 4 nitrogen and oxygen atoms in total. The highest BCUT2D eigenvalue weighted by Crippen LogP contribution is 2.15. The highest BCUT2D eigenvalue weighted by molar-refractivity contribution is 5.91. The van der Waals surface area contributed by atoms with Crippen LogP contribution in [0.4, 0.5) is 0 Å². The lowest BCUT2D eigenvalue weighted by molar-refractivity contribution is 0.0695. The Balaban J connectivity index is 2.78. The lowest BCUT2D eigenvalue weighted by Crippen LogP contribution is -2.02. The van der Waals surface area contributed by atoms with Gasteiger partial charge in [-0.05, 0) is 24.6 Å². The van der Waals surface area contributed by atoms with E-state index in [0.717, 1.165) is 11.2 Å². The van der Waals surface area contributed by atoms with Gasteiger partial charge in [-0.25, -0.2) is 9.31 Å². The van der Waals surface area contributed by atoms with Crippen LogP contribution in [0.2, 0.25) is 0 Å². The van der Waals surface area contributed by atoms with E-state index in [-0.39, 0.29) is 0 Å². The zero-order valence-electron chi connectivity index (χ0n) is 7.77. The second kappa shape index (κ2) is 3.14. The van der Waals surface area contributed by atoms with Crippen LogP contribution >= 0.6 is 0 Å². The Morgan fingerprint density at radius 3 is 3.07 bits per heavy atom. The molecule has 2 rings (SSSR count). The number of aromatic nitrogens is 2. The Morgan fingerprint density at radius 1 is 1.64 bits per heavy atom. The van der Waals surface area contributed by atoms with Crippen molar-refractivity contribution in [1.82, 2.24) is 9.61 Å². The van der Waals surface area contributed by atoms with Crippen molar-refractivity contribution in [3.63, 3.8) is 0 Å². The first-order valence-electron chi connectivity index (χ1n) is 4.43. The number of hydrogen-bond donors (Lipinski definition) is 1. The van der Waals surface area contributed by atoms with Crippen LogP contribution < -0.4 is 0 Å². The summed E-state index contributed by atoms with van der Waals surface area (Å²) in [5.41, 5.74) is 1.90. The third-order valence-corrected chi connectivity index (χ3v) is 2.20. The summed E-state index contributed by atoms with van der Waals surface area (Å²) in [6.45, 7) is 1.92. The van der Waals surface area contributed by atoms with Crippen molar-refractivity contribution in [1.29, 1.82) is 0 Å². The molecule has 0 aromatic carbocycles. The first-order valence-corrected chi connectivity index (χ1v) is 4.43. The van der Waals surface area contributed by atoms with Gasteiger partial charge in [0.1, 0.15) is 0 Å². The second-order valence-corrected chi connectivity index (χ2v) is 3.02. The Hall–Kier alpha value is -1.84. The summed E-state index contributed by atoms with van der Waals surface area (Å²) in [5, 5.41) is 13.1. The van der Waals surface area contributed by atoms with Gasteiger partial charge in [-0.3, -0.25) is 0 Å². The van der Waals surface area contributed by atoms with Crippen LogP contribution in [0, 0.1) is 0 Å². The molecule has 0 spiro atoms. The van der Waals surface area contributed by atoms with Gasteiger partial charge in [0.25, 0.3) is 0 Å². The molecule has 0 radical (unpaired) electrons. The fourth-order valence-electron chi connectivity index (χ4n) is 1.59. The van der Waals surface area contributed by atoms with Crippen LogP contribution in [0.1, 0.15) is 23.0 Å². The molecule has 0 aliphatic heterocycles. The Labute approximate surface area is 80.8 Å². The van der Waals surface area contributed by atoms with Gasteiger partial charge in [0.05, 0.1) is 16.8 Å². The molecular weight excluding hydrogens is 180 g/mol. The largest absolute Gasteiger partial charge is 0.478 e. The summed E-state index contributed by atoms with van der Waals surface area (Å²) in [4.78, 5) is 10.9. The van der Waals surface area contributed by atoms with Crippen molar-refractivity contribution >= 4 is 11.5 Å². The highest BCUT2D eigenvalue weighted by Gasteiger charge is 2.14. The minimum atomic E-state index is -0.896. The van der Waals surface area contributed by atoms with Crippen molar-refractivity contribution in [3.8, 4) is 0 Å². The quantitative estimate of drug-likeness (QED) is 0.782. The molecular formula is C10H10N2O2. The molecule has 0 saturated carbocycles. The predicted octanol–water partition coefficient (Wildman–Crippen LogP) is 1.59. The third kappa shape index (κ3) is 1.16. The fraction of sp³-hybridized carbons (Fsp3) is 0.200. The standard InChI is InChI=1S/C10H10N2O2/c1-2-9-8(10(13)14)6-7-4-3-5-11-12(7)9/h3-6H,2H2,1H3,(H,13,14). The topological polar surface area (TPSA) is 54.6 Å². The maximum Gasteiger partial charge on any atom is 0.337 e. The van der Waals surface area contributed by atoms with Gasteiger partial charge < -0.3 is 5.11 Å². The average Bonchev–Trinajstić information content (AvgIpc) is 2.56. The van der Waals surface area contributed by atoms with E-state index in [9.17, 15) is 4.79 Å². The minimum Gasteiger partial charge on any atom is -0.478 e. The lowest BCUT2D eigenvalue weighted by Gasteiger charge is -1.98. The molecule has 14 heavy (non-hydrogen) atoms. The molecule has 2 heterocycles. The summed E-state index contributed by atoms with van der Waals surface area (Å²) in [6.07, 6.45) is 2.31. The molecule has 4 heteroatoms. The summed E-state index contributed by atoms with van der Waals surface area (Å²) < 4.78 is 1.67. The Kier molecular flexibility index (Phi) is 1.96. The molecule has 0 atom stereocenters. The molecule has 0 unspecified atom stereocenters. The molecule has 0 fully saturated rings. The van der Waals surface area contributed by atoms with Crippen LogP contribution in [0.5, 0.6) is 0 Å². The summed E-state index contributed by atoms with van der Waals surface area (Å²) >= 11 is 0. The van der Waals surface area contributed by atoms with E-state index in [0.29, 0.717) is 12.0 Å². The van der Waals surface area contributed by atoms with Gasteiger partial charge in [0, 0.05) is 6.20 Å². The van der Waals surface area contributed by atoms with E-state index in [2.05, 4.69) is 5.10 Å². The van der Waals surface area contributed by atoms with Crippen LogP contribution in [0.3, 0.4) is 0 Å². The second-order valence-electron chi connectivity index (χ2n) is 3.02. The van der Waals surface area contributed by atoms with Crippen LogP contribution in [0.25, 0.3) is 5.52 Å². The summed E-state index contributed by atoms with van der Waals surface area (Å²) in [6, 6.07) is 5.28. The van der Waals surface area contributed by atoms with Crippen LogP contribution in [0.15, 0.2) is 24.4 Å². The maximum atomic E-state index is 10.9. The smallest absolute Gasteiger partial charge is 0.337 e. The summed E-state index contributed by atoms with van der Waals surface area (Å²) in [7, 11) is 0. The number of hydrogen-bond acceptors (Lipinski definition) is 2. The molecule has 0 saturated heterocycles. The van der Waals surface area contributed by atoms with E-state index in [1.54, 1.807) is 22.8 Å². The van der Waals surface area contributed by atoms with E-state index in [4.69, 9.17) is 5.11 Å². The molecule has 0 amide bonds. The maximum absolute atomic E-state index is 10.9. The van der Waals surface area contributed by atoms with Crippen molar-refractivity contribution in [2.75, 3.05) is 0 Å². The Morgan fingerprint density at radius 2 is 2.43 bits per heavy atom. The van der Waals surface area contributed by atoms with E-state index >= 15 is 0 Å². The molecule has 2 aromatic rings. The number of carboxylic acids is 1. The SMILES string of the molecule is CCc1c(C(=O)O)cc2cccnn12. The zero-order chi connectivity index (χ0) is 10.1. The van der Waals surface area contributed by atoms with Gasteiger partial charge >= 0.3 is 5.97 Å². The summed E-state index contributed by atoms with van der Waals surface area (Å²) in [5.74, 6) is -0.896. The number of fused-ring (bicyclic) bond motifs is 1. The van der Waals surface area contributed by atoms with Gasteiger partial charge in [-0.2, -0.15) is 5.10 Å². The first-order chi connectivity index (χ1) is 6.74. The zero-order valence-corrected chi connectivity index (χ0v) is 7.77. The van der Waals surface area contributed by atoms with E-state index in [1.165, 1.54) is 0 Å². The number of carboxylic acid groups (broad SMARTS) is 1. The van der Waals surface area contributed by atoms with E-state index < -0.39 is 5.97 Å². The van der Waals surface area contributed by atoms with Gasteiger partial charge in [0.15, 0.2) is 0 Å². The number of nitrogens with zero attached hydrogens (tertiary/aromatic N) is 2. The van der Waals surface area contributed by atoms with Crippen molar-refractivity contribution in [2.45, 2.75) is 13.3 Å². The molecule has 1 N–H and O–H groups in total. The Bertz CT molecular complexity index is 488. The van der Waals surface area contributed by atoms with Crippen molar-refractivity contribution in [2.24, 2.45) is 0 Å². The van der Waals surface area contributed by atoms with Crippen molar-refractivity contribution in [3.05, 3.63) is 35.7 Å². The average molecular weight is 190 g/mol. The van der Waals surface area contributed by atoms with Gasteiger partial charge in [-0.1, -0.05) is 6.92 Å². The molecule has 0 aliphatic carbocycles. The van der Waals surface area contributed by atoms with Gasteiger partial charge in [0.2, 0.25) is 0 Å². The van der Waals surface area contributed by atoms with Crippen LogP contribution in [-0.2, 0) is 6.42 Å². The lowest BCUT2D eigenvalue weighted by atomic mass is 10.2. The highest BCUT2D eigenvalue weighted by atomic mass is 16.4.